The molecule has 3 rings (SSSR count). The van der Waals surface area contributed by atoms with E-state index in [1.165, 1.54) is 29.9 Å². The average molecular weight is 584 g/mol. The van der Waals surface area contributed by atoms with E-state index in [0.717, 1.165) is 0 Å². The molecule has 29 heavy (non-hydrogen) atoms. The SMILES string of the molecule is COc1ccc(Cl)c(S(=O)(=O)NC(O)c2nc(Br)n([C@H]3C[C@@H]3C(F)(F)F)c2Br)c1. The number of ether oxygens (including phenoxy) is 1. The number of aliphatic hydroxyl groups is 1. The van der Waals surface area contributed by atoms with E-state index < -0.39 is 34.4 Å². The lowest BCUT2D eigenvalue weighted by Gasteiger charge is -2.14. The Labute approximate surface area is 185 Å². The fourth-order valence-electron chi connectivity index (χ4n) is 2.76. The summed E-state index contributed by atoms with van der Waals surface area (Å²) >= 11 is 12.1. The number of benzene rings is 1. The van der Waals surface area contributed by atoms with Gasteiger partial charge in [0.05, 0.1) is 18.1 Å². The van der Waals surface area contributed by atoms with Crippen LogP contribution in [0, 0.1) is 5.92 Å². The average Bonchev–Trinajstić information content (AvgIpc) is 3.34. The monoisotopic (exact) mass is 581 g/mol. The van der Waals surface area contributed by atoms with E-state index in [0.29, 0.717) is 0 Å². The van der Waals surface area contributed by atoms with Crippen molar-refractivity contribution in [2.45, 2.75) is 29.8 Å². The van der Waals surface area contributed by atoms with Crippen LogP contribution in [0.15, 0.2) is 32.4 Å². The Hall–Kier alpha value is -0.860. The van der Waals surface area contributed by atoms with Crippen LogP contribution in [0.2, 0.25) is 5.02 Å². The number of sulfonamides is 1. The van der Waals surface area contributed by atoms with Crippen molar-refractivity contribution in [3.05, 3.63) is 38.3 Å². The van der Waals surface area contributed by atoms with Crippen LogP contribution >= 0.6 is 43.5 Å². The number of nitrogens with zero attached hydrogens (tertiary/aromatic N) is 2. The molecule has 14 heteroatoms. The summed E-state index contributed by atoms with van der Waals surface area (Å²) in [5.74, 6) is -1.31. The van der Waals surface area contributed by atoms with E-state index >= 15 is 0 Å². The van der Waals surface area contributed by atoms with Gasteiger partial charge in [-0.3, -0.25) is 0 Å². The van der Waals surface area contributed by atoms with Crippen molar-refractivity contribution in [3.8, 4) is 5.75 Å². The van der Waals surface area contributed by atoms with E-state index in [2.05, 4.69) is 36.8 Å². The molecular formula is C15H13Br2ClF3N3O4S. The van der Waals surface area contributed by atoms with Gasteiger partial charge in [0.2, 0.25) is 10.0 Å². The standard InChI is InChI=1S/C15H13Br2ClF3N3O4S/c1-28-6-2-3-8(18)10(4-6)29(26,27)23-13(25)11-12(16)24(14(17)22-11)9-5-7(9)15(19,20)21/h2-4,7,9,13,23,25H,5H2,1H3/t7-,9-,13?/m0/s1. The number of aromatic nitrogens is 2. The smallest absolute Gasteiger partial charge is 0.393 e. The summed E-state index contributed by atoms with van der Waals surface area (Å²) in [4.78, 5) is 3.61. The van der Waals surface area contributed by atoms with Gasteiger partial charge in [0.1, 0.15) is 20.9 Å². The third kappa shape index (κ3) is 4.59. The predicted molar refractivity (Wildman–Crippen MR) is 104 cm³/mol. The van der Waals surface area contributed by atoms with Gasteiger partial charge in [-0.2, -0.15) is 17.9 Å². The quantitative estimate of drug-likeness (QED) is 0.499. The van der Waals surface area contributed by atoms with Crippen molar-refractivity contribution in [1.82, 2.24) is 14.3 Å². The fraction of sp³-hybridized carbons (Fsp3) is 0.400. The number of rotatable bonds is 6. The lowest BCUT2D eigenvalue weighted by atomic mass is 10.3. The molecule has 2 N–H and O–H groups in total. The molecule has 1 aromatic heterocycles. The van der Waals surface area contributed by atoms with Crippen LogP contribution in [-0.2, 0) is 10.0 Å². The molecular weight excluding hydrogens is 571 g/mol. The summed E-state index contributed by atoms with van der Waals surface area (Å²) < 4.78 is 72.1. The Morgan fingerprint density at radius 3 is 2.62 bits per heavy atom. The molecule has 0 aliphatic heterocycles. The highest BCUT2D eigenvalue weighted by atomic mass is 79.9. The fourth-order valence-corrected chi connectivity index (χ4v) is 5.92. The molecule has 3 atom stereocenters. The Bertz CT molecular complexity index is 1050. The highest BCUT2D eigenvalue weighted by Gasteiger charge is 2.57. The molecule has 0 bridgehead atoms. The first kappa shape index (κ1) is 22.8. The summed E-state index contributed by atoms with van der Waals surface area (Å²) in [5, 5.41) is 10.3. The first-order valence-electron chi connectivity index (χ1n) is 7.90. The molecule has 0 saturated heterocycles. The summed E-state index contributed by atoms with van der Waals surface area (Å²) in [5.41, 5.74) is -0.202. The minimum absolute atomic E-state index is 0.0214. The van der Waals surface area contributed by atoms with Gasteiger partial charge < -0.3 is 14.4 Å². The van der Waals surface area contributed by atoms with Crippen molar-refractivity contribution in [1.29, 1.82) is 0 Å². The maximum atomic E-state index is 12.9. The van der Waals surface area contributed by atoms with E-state index in [-0.39, 0.29) is 37.1 Å². The molecule has 2 aromatic rings. The summed E-state index contributed by atoms with van der Waals surface area (Å²) in [6.45, 7) is 0. The van der Waals surface area contributed by atoms with Gasteiger partial charge in [0, 0.05) is 12.1 Å². The number of methoxy groups -OCH3 is 1. The van der Waals surface area contributed by atoms with Gasteiger partial charge in [-0.1, -0.05) is 11.6 Å². The summed E-state index contributed by atoms with van der Waals surface area (Å²) in [7, 11) is -2.96. The van der Waals surface area contributed by atoms with Gasteiger partial charge in [-0.25, -0.2) is 13.4 Å². The third-order valence-corrected chi connectivity index (χ3v) is 7.54. The topological polar surface area (TPSA) is 93.5 Å². The Morgan fingerprint density at radius 2 is 2.07 bits per heavy atom. The molecule has 0 spiro atoms. The Morgan fingerprint density at radius 1 is 1.41 bits per heavy atom. The number of halogens is 6. The number of aliphatic hydroxyl groups excluding tert-OH is 1. The second kappa shape index (κ2) is 8.00. The summed E-state index contributed by atoms with van der Waals surface area (Å²) in [6, 6.07) is 3.03. The second-order valence-corrected chi connectivity index (χ2v) is 9.75. The maximum absolute atomic E-state index is 12.9. The van der Waals surface area contributed by atoms with Crippen molar-refractivity contribution < 1.29 is 31.4 Å². The molecule has 160 valence electrons. The number of nitrogens with one attached hydrogen (secondary N) is 1. The summed E-state index contributed by atoms with van der Waals surface area (Å²) in [6.07, 6.45) is -6.35. The minimum Gasteiger partial charge on any atom is -0.497 e. The first-order chi connectivity index (χ1) is 13.4. The zero-order valence-corrected chi connectivity index (χ0v) is 19.2. The van der Waals surface area contributed by atoms with Gasteiger partial charge in [-0.05, 0) is 50.4 Å². The lowest BCUT2D eigenvalue weighted by Crippen LogP contribution is -2.29. The van der Waals surface area contributed by atoms with Crippen molar-refractivity contribution in [2.75, 3.05) is 7.11 Å². The van der Waals surface area contributed by atoms with Gasteiger partial charge in [0.25, 0.3) is 0 Å². The minimum atomic E-state index is -4.36. The lowest BCUT2D eigenvalue weighted by molar-refractivity contribution is -0.150. The second-order valence-electron chi connectivity index (χ2n) is 6.20. The van der Waals surface area contributed by atoms with Crippen LogP contribution in [0.5, 0.6) is 5.75 Å². The molecule has 0 radical (unpaired) electrons. The zero-order chi connectivity index (χ0) is 21.7. The molecule has 1 heterocycles. The van der Waals surface area contributed by atoms with Crippen LogP contribution in [0.3, 0.4) is 0 Å². The van der Waals surface area contributed by atoms with Gasteiger partial charge in [0.15, 0.2) is 11.0 Å². The molecule has 7 nitrogen and oxygen atoms in total. The van der Waals surface area contributed by atoms with Crippen molar-refractivity contribution >= 4 is 53.5 Å². The normalized spacial score (nSPS) is 20.6. The number of hydrogen-bond donors (Lipinski definition) is 2. The highest BCUT2D eigenvalue weighted by Crippen LogP contribution is 2.55. The van der Waals surface area contributed by atoms with Crippen molar-refractivity contribution in [3.63, 3.8) is 0 Å². The van der Waals surface area contributed by atoms with Gasteiger partial charge in [-0.15, -0.1) is 0 Å². The number of alkyl halides is 3. The molecule has 0 amide bonds. The van der Waals surface area contributed by atoms with E-state index in [4.69, 9.17) is 16.3 Å². The number of imidazole rings is 1. The highest BCUT2D eigenvalue weighted by molar-refractivity contribution is 9.11. The molecule has 1 saturated carbocycles. The molecule has 1 fully saturated rings. The van der Waals surface area contributed by atoms with Crippen LogP contribution in [0.25, 0.3) is 0 Å². The third-order valence-electron chi connectivity index (χ3n) is 4.30. The molecule has 1 aromatic carbocycles. The predicted octanol–water partition coefficient (Wildman–Crippen LogP) is 4.16. The maximum Gasteiger partial charge on any atom is 0.393 e. The molecule has 1 aliphatic rings. The molecule has 1 aliphatic carbocycles. The Kier molecular flexibility index (Phi) is 6.30. The largest absolute Gasteiger partial charge is 0.497 e. The van der Waals surface area contributed by atoms with E-state index in [1.54, 1.807) is 0 Å². The van der Waals surface area contributed by atoms with E-state index in [1.807, 2.05) is 4.72 Å². The zero-order valence-electron chi connectivity index (χ0n) is 14.4. The van der Waals surface area contributed by atoms with Crippen LogP contribution in [0.1, 0.15) is 24.4 Å². The van der Waals surface area contributed by atoms with Crippen LogP contribution in [-0.4, -0.2) is 36.4 Å². The van der Waals surface area contributed by atoms with Crippen molar-refractivity contribution in [2.24, 2.45) is 5.92 Å². The first-order valence-corrected chi connectivity index (χ1v) is 11.3. The number of hydrogen-bond acceptors (Lipinski definition) is 5. The Balaban J connectivity index is 1.87. The van der Waals surface area contributed by atoms with Gasteiger partial charge >= 0.3 is 6.18 Å². The van der Waals surface area contributed by atoms with E-state index in [9.17, 15) is 26.7 Å². The van der Waals surface area contributed by atoms with Crippen LogP contribution < -0.4 is 9.46 Å². The molecule has 1 unspecified atom stereocenters. The van der Waals surface area contributed by atoms with Crippen LogP contribution in [0.4, 0.5) is 13.2 Å².